The van der Waals surface area contributed by atoms with E-state index in [0.717, 1.165) is 29.3 Å². The summed E-state index contributed by atoms with van der Waals surface area (Å²) in [4.78, 5) is 5.00. The molecule has 3 heteroatoms. The third-order valence-corrected chi connectivity index (χ3v) is 7.95. The minimum Gasteiger partial charge on any atom is -0.296 e. The van der Waals surface area contributed by atoms with Gasteiger partial charge in [-0.25, -0.2) is 0 Å². The fourth-order valence-electron chi connectivity index (χ4n) is 5.21. The smallest absolute Gasteiger partial charge is 0.0360 e. The third-order valence-electron chi connectivity index (χ3n) is 6.70. The van der Waals surface area contributed by atoms with Crippen molar-refractivity contribution in [2.75, 3.05) is 13.1 Å². The Hall–Kier alpha value is -0.900. The Morgan fingerprint density at radius 2 is 1.57 bits per heavy atom. The number of nitrogens with zero attached hydrogens (tertiary/aromatic N) is 1. The summed E-state index contributed by atoms with van der Waals surface area (Å²) in [6, 6.07) is 7.54. The van der Waals surface area contributed by atoms with Gasteiger partial charge in [-0.3, -0.25) is 4.90 Å². The first-order valence-electron chi connectivity index (χ1n) is 11.3. The molecule has 2 aromatic rings. The maximum atomic E-state index is 5.03. The van der Waals surface area contributed by atoms with Crippen LogP contribution in [0.5, 0.6) is 0 Å². The summed E-state index contributed by atoms with van der Waals surface area (Å²) < 4.78 is 0. The van der Waals surface area contributed by atoms with Crippen LogP contribution in [0.1, 0.15) is 91.4 Å². The van der Waals surface area contributed by atoms with Gasteiger partial charge in [0.05, 0.1) is 0 Å². The lowest BCUT2D eigenvalue weighted by Crippen LogP contribution is -2.36. The second-order valence-electron chi connectivity index (χ2n) is 10.5. The van der Waals surface area contributed by atoms with E-state index < -0.39 is 0 Å². The number of hydrogen-bond donors (Lipinski definition) is 2. The van der Waals surface area contributed by atoms with E-state index in [2.05, 4.69) is 78.5 Å². The average molecular weight is 442 g/mol. The first kappa shape index (κ1) is 23.8. The molecule has 1 aliphatic carbocycles. The molecule has 0 spiro atoms. The van der Waals surface area contributed by atoms with Gasteiger partial charge in [-0.15, -0.1) is 25.3 Å². The molecule has 1 aliphatic rings. The van der Waals surface area contributed by atoms with Gasteiger partial charge in [0.25, 0.3) is 0 Å². The summed E-state index contributed by atoms with van der Waals surface area (Å²) >= 11 is 9.91. The topological polar surface area (TPSA) is 3.24 Å². The van der Waals surface area contributed by atoms with Gasteiger partial charge < -0.3 is 0 Å². The molecule has 0 N–H and O–H groups in total. The highest BCUT2D eigenvalue weighted by atomic mass is 32.1. The molecular weight excluding hydrogens is 402 g/mol. The lowest BCUT2D eigenvalue weighted by atomic mass is 9.86. The molecule has 0 fully saturated rings. The van der Waals surface area contributed by atoms with Crippen molar-refractivity contribution in [2.24, 2.45) is 5.41 Å². The maximum absolute atomic E-state index is 5.03. The van der Waals surface area contributed by atoms with Crippen LogP contribution in [0.2, 0.25) is 0 Å². The van der Waals surface area contributed by atoms with Crippen LogP contribution in [0.4, 0.5) is 0 Å². The van der Waals surface area contributed by atoms with Gasteiger partial charge >= 0.3 is 0 Å². The Kier molecular flexibility index (Phi) is 7.06. The van der Waals surface area contributed by atoms with Crippen molar-refractivity contribution in [3.05, 3.63) is 57.1 Å². The zero-order valence-corrected chi connectivity index (χ0v) is 21.8. The van der Waals surface area contributed by atoms with Crippen molar-refractivity contribution >= 4 is 25.3 Å². The number of fused-ring (bicyclic) bond motifs is 1. The quantitative estimate of drug-likeness (QED) is 0.447. The minimum absolute atomic E-state index is 0.278. The van der Waals surface area contributed by atoms with E-state index in [4.69, 9.17) is 25.3 Å². The molecule has 164 valence electrons. The van der Waals surface area contributed by atoms with Gasteiger partial charge in [0, 0.05) is 28.3 Å². The number of hydrogen-bond acceptors (Lipinski definition) is 3. The number of rotatable bonds is 5. The molecule has 1 nitrogen and oxygen atoms in total. The Morgan fingerprint density at radius 3 is 2.17 bits per heavy atom. The normalized spacial score (nSPS) is 18.9. The van der Waals surface area contributed by atoms with Crippen molar-refractivity contribution in [1.82, 2.24) is 4.90 Å². The summed E-state index contributed by atoms with van der Waals surface area (Å²) in [6.45, 7) is 20.4. The molecule has 0 bridgehead atoms. The molecule has 30 heavy (non-hydrogen) atoms. The van der Waals surface area contributed by atoms with E-state index in [1.165, 1.54) is 45.4 Å². The molecule has 0 aromatic heterocycles. The van der Waals surface area contributed by atoms with Crippen LogP contribution in [-0.4, -0.2) is 18.0 Å². The second kappa shape index (κ2) is 8.92. The Balaban J connectivity index is 2.15. The third kappa shape index (κ3) is 4.49. The van der Waals surface area contributed by atoms with E-state index >= 15 is 0 Å². The van der Waals surface area contributed by atoms with Crippen molar-refractivity contribution in [3.8, 4) is 0 Å². The molecule has 2 aromatic carbocycles. The fourth-order valence-corrected chi connectivity index (χ4v) is 5.99. The van der Waals surface area contributed by atoms with Crippen molar-refractivity contribution < 1.29 is 0 Å². The predicted octanol–water partition coefficient (Wildman–Crippen LogP) is 7.83. The van der Waals surface area contributed by atoms with Crippen molar-refractivity contribution in [3.63, 3.8) is 0 Å². The van der Waals surface area contributed by atoms with Crippen molar-refractivity contribution in [1.29, 1.82) is 0 Å². The molecule has 0 aliphatic heterocycles. The molecule has 2 unspecified atom stereocenters. The maximum Gasteiger partial charge on any atom is 0.0360 e. The van der Waals surface area contributed by atoms with Crippen LogP contribution < -0.4 is 0 Å². The zero-order valence-electron chi connectivity index (χ0n) is 20.1. The lowest BCUT2D eigenvalue weighted by Gasteiger charge is -2.35. The Morgan fingerprint density at radius 1 is 0.933 bits per heavy atom. The Labute approximate surface area is 195 Å². The molecule has 0 heterocycles. The summed E-state index contributed by atoms with van der Waals surface area (Å²) in [5, 5.41) is 0. The standard InChI is InChI=1S/C27H39NS2/c1-9-12-28(15-27(6,7)8)23-14-22(20-11-10-16(2)13-21(20)23)24-19(5)25(29)17(3)18(4)26(24)30/h10-11,13,22-23,29-30H,9,12,14-15H2,1-8H3. The summed E-state index contributed by atoms with van der Waals surface area (Å²) in [5.41, 5.74) is 9.82. The van der Waals surface area contributed by atoms with Gasteiger partial charge in [-0.1, -0.05) is 51.5 Å². The van der Waals surface area contributed by atoms with Crippen LogP contribution in [-0.2, 0) is 0 Å². The SMILES string of the molecule is CCCN(CC(C)(C)C)C1CC(c2c(C)c(S)c(C)c(C)c2S)c2ccc(C)cc21. The number of thiol groups is 2. The van der Waals surface area contributed by atoms with E-state index in [9.17, 15) is 0 Å². The molecule has 2 atom stereocenters. The van der Waals surface area contributed by atoms with Crippen molar-refractivity contribution in [2.45, 2.75) is 90.0 Å². The van der Waals surface area contributed by atoms with Gasteiger partial charge in [-0.05, 0) is 85.9 Å². The molecule has 0 saturated carbocycles. The highest BCUT2D eigenvalue weighted by molar-refractivity contribution is 7.80. The first-order chi connectivity index (χ1) is 14.0. The first-order valence-corrected chi connectivity index (χ1v) is 12.2. The van der Waals surface area contributed by atoms with E-state index in [-0.39, 0.29) is 5.41 Å². The number of aryl methyl sites for hydroxylation is 1. The monoisotopic (exact) mass is 441 g/mol. The van der Waals surface area contributed by atoms with Gasteiger partial charge in [0.15, 0.2) is 0 Å². The van der Waals surface area contributed by atoms with Gasteiger partial charge in [0.1, 0.15) is 0 Å². The van der Waals surface area contributed by atoms with Crippen LogP contribution in [0.25, 0.3) is 0 Å². The van der Waals surface area contributed by atoms with E-state index in [1.807, 2.05) is 0 Å². The van der Waals surface area contributed by atoms with Crippen LogP contribution in [0, 0.1) is 33.1 Å². The summed E-state index contributed by atoms with van der Waals surface area (Å²) in [6.07, 6.45) is 2.30. The lowest BCUT2D eigenvalue weighted by molar-refractivity contribution is 0.135. The Bertz CT molecular complexity index is 910. The summed E-state index contributed by atoms with van der Waals surface area (Å²) in [7, 11) is 0. The van der Waals surface area contributed by atoms with Gasteiger partial charge in [-0.2, -0.15) is 0 Å². The summed E-state index contributed by atoms with van der Waals surface area (Å²) in [5.74, 6) is 0.377. The molecular formula is C27H39NS2. The van der Waals surface area contributed by atoms with Gasteiger partial charge in [0.2, 0.25) is 0 Å². The zero-order chi connectivity index (χ0) is 22.4. The van der Waals surface area contributed by atoms with Crippen LogP contribution in [0.3, 0.4) is 0 Å². The number of benzene rings is 2. The molecule has 0 saturated heterocycles. The molecule has 0 amide bonds. The highest BCUT2D eigenvalue weighted by Gasteiger charge is 2.38. The van der Waals surface area contributed by atoms with E-state index in [1.54, 1.807) is 0 Å². The van der Waals surface area contributed by atoms with Crippen LogP contribution in [0.15, 0.2) is 28.0 Å². The largest absolute Gasteiger partial charge is 0.296 e. The highest BCUT2D eigenvalue weighted by Crippen LogP contribution is 2.51. The molecule has 3 rings (SSSR count). The average Bonchev–Trinajstić information content (AvgIpc) is 3.02. The predicted molar refractivity (Wildman–Crippen MR) is 137 cm³/mol. The fraction of sp³-hybridized carbons (Fsp3) is 0.556. The second-order valence-corrected chi connectivity index (χ2v) is 11.3. The van der Waals surface area contributed by atoms with E-state index in [0.29, 0.717) is 12.0 Å². The minimum atomic E-state index is 0.278. The molecule has 0 radical (unpaired) electrons. The van der Waals surface area contributed by atoms with Crippen LogP contribution >= 0.6 is 25.3 Å².